The van der Waals surface area contributed by atoms with Gasteiger partial charge in [0.05, 0.1) is 0 Å². The second kappa shape index (κ2) is 5.73. The van der Waals surface area contributed by atoms with Gasteiger partial charge in [0.1, 0.15) is 0 Å². The molecule has 0 heterocycles. The summed E-state index contributed by atoms with van der Waals surface area (Å²) in [7, 11) is -1.85. The van der Waals surface area contributed by atoms with Crippen LogP contribution in [-0.2, 0) is 20.7 Å². The Labute approximate surface area is 50.5 Å². The molecule has 3 nitrogen and oxygen atoms in total. The maximum absolute atomic E-state index is 7.56. The van der Waals surface area contributed by atoms with E-state index < -0.39 is 7.32 Å². The van der Waals surface area contributed by atoms with Crippen molar-refractivity contribution in [1.29, 1.82) is 0 Å². The molecule has 0 atom stereocenters. The molecule has 40 valence electrons. The Morgan fingerprint density at radius 3 is 1.67 bits per heavy atom. The number of hydrogen-bond donors (Lipinski definition) is 2. The summed E-state index contributed by atoms with van der Waals surface area (Å²) in [6.07, 6.45) is 0. The summed E-state index contributed by atoms with van der Waals surface area (Å²) in [6, 6.07) is 0. The number of hydrogen-bond acceptors (Lipinski definition) is 3. The molecule has 0 aliphatic carbocycles. The van der Waals surface area contributed by atoms with E-state index in [9.17, 15) is 0 Å². The summed E-state index contributed by atoms with van der Waals surface area (Å²) >= 11 is 4.34. The van der Waals surface area contributed by atoms with E-state index in [-0.39, 0.29) is 16.5 Å². The van der Waals surface area contributed by atoms with Gasteiger partial charge in [-0.1, -0.05) is 0 Å². The van der Waals surface area contributed by atoms with Crippen LogP contribution in [0.4, 0.5) is 0 Å². The van der Waals surface area contributed by atoms with Crippen LogP contribution in [0.2, 0.25) is 0 Å². The Bertz CT molecular complexity index is 24.8. The number of rotatable bonds is 1. The molecular formula is H2BClNiO3. The maximum Gasteiger partial charge on any atom is 0.650 e. The first-order chi connectivity index (χ1) is 2.27. The van der Waals surface area contributed by atoms with E-state index >= 15 is 0 Å². The molecule has 0 aliphatic rings. The molecule has 0 saturated heterocycles. The van der Waals surface area contributed by atoms with Crippen molar-refractivity contribution in [2.75, 3.05) is 0 Å². The van der Waals surface area contributed by atoms with Crippen molar-refractivity contribution in [3.05, 3.63) is 0 Å². The smallest absolute Gasteiger partial charge is 0.401 e. The molecule has 6 heavy (non-hydrogen) atoms. The molecule has 6 heteroatoms. The van der Waals surface area contributed by atoms with Gasteiger partial charge < -0.3 is 10.0 Å². The Balaban J connectivity index is 0. The van der Waals surface area contributed by atoms with Crippen LogP contribution in [0, 0.1) is 0 Å². The average Bonchev–Trinajstić information content (AvgIpc) is 1.38. The van der Waals surface area contributed by atoms with Gasteiger partial charge in [0.2, 0.25) is 0 Å². The Kier molecular flexibility index (Phi) is 9.43. The first-order valence-corrected chi connectivity index (χ1v) is 1.22. The van der Waals surface area contributed by atoms with E-state index in [1.54, 1.807) is 0 Å². The predicted molar refractivity (Wildman–Crippen MR) is 17.1 cm³/mol. The van der Waals surface area contributed by atoms with Gasteiger partial charge in [-0.05, 0) is 0 Å². The van der Waals surface area contributed by atoms with Crippen LogP contribution in [-0.4, -0.2) is 17.4 Å². The summed E-state index contributed by atoms with van der Waals surface area (Å²) in [5.74, 6) is 0. The minimum atomic E-state index is -1.85. The minimum Gasteiger partial charge on any atom is -0.401 e. The zero-order valence-corrected chi connectivity index (χ0v) is 4.32. The van der Waals surface area contributed by atoms with Crippen LogP contribution in [0.3, 0.4) is 0 Å². The molecule has 0 bridgehead atoms. The topological polar surface area (TPSA) is 49.7 Å². The van der Waals surface area contributed by atoms with Crippen LogP contribution >= 0.6 is 11.9 Å². The molecule has 0 unspecified atom stereocenters. The molecule has 0 aliphatic heterocycles. The average molecular weight is 155 g/mol. The van der Waals surface area contributed by atoms with E-state index in [1.165, 1.54) is 0 Å². The summed E-state index contributed by atoms with van der Waals surface area (Å²) in [6.45, 7) is 0. The molecule has 0 fully saturated rings. The van der Waals surface area contributed by atoms with Gasteiger partial charge in [-0.2, -0.15) is 0 Å². The molecule has 2 N–H and O–H groups in total. The Morgan fingerprint density at radius 2 is 1.67 bits per heavy atom. The zero-order valence-electron chi connectivity index (χ0n) is 2.57. The van der Waals surface area contributed by atoms with E-state index in [0.717, 1.165) is 0 Å². The quantitative estimate of drug-likeness (QED) is 0.483. The van der Waals surface area contributed by atoms with Crippen molar-refractivity contribution in [2.24, 2.45) is 0 Å². The third kappa shape index (κ3) is 8.83. The van der Waals surface area contributed by atoms with Gasteiger partial charge in [0.25, 0.3) is 0 Å². The molecule has 0 rings (SSSR count). The van der Waals surface area contributed by atoms with Crippen molar-refractivity contribution in [3.63, 3.8) is 0 Å². The molecular weight excluding hydrogens is 153 g/mol. The Hall–Kier alpha value is 0.728. The maximum atomic E-state index is 7.56. The molecule has 0 amide bonds. The molecule has 0 aromatic rings. The third-order valence-electron chi connectivity index (χ3n) is 0.0797. The molecule has 0 saturated carbocycles. The second-order valence-electron chi connectivity index (χ2n) is 0.415. The summed E-state index contributed by atoms with van der Waals surface area (Å²) < 4.78 is 3.33. The van der Waals surface area contributed by atoms with Gasteiger partial charge in [-0.25, -0.2) is 0 Å². The molecule has 0 radical (unpaired) electrons. The standard InChI is InChI=1S/BClH2O3.Ni/c2-5-1(3)4;/h3-4H;. The van der Waals surface area contributed by atoms with Crippen LogP contribution in [0.1, 0.15) is 0 Å². The van der Waals surface area contributed by atoms with E-state index in [0.29, 0.717) is 0 Å². The van der Waals surface area contributed by atoms with Gasteiger partial charge in [-0.3, -0.25) is 4.21 Å². The third-order valence-corrected chi connectivity index (χ3v) is 0.239. The molecule has 0 spiro atoms. The second-order valence-corrected chi connectivity index (χ2v) is 0.594. The van der Waals surface area contributed by atoms with Crippen molar-refractivity contribution >= 4 is 19.2 Å². The SMILES string of the molecule is OB(O)OCl.[Ni]. The first-order valence-electron chi connectivity index (χ1n) is 0.906. The molecule has 0 aromatic carbocycles. The van der Waals surface area contributed by atoms with Crippen LogP contribution < -0.4 is 0 Å². The predicted octanol–water partition coefficient (Wildman–Crippen LogP) is -0.876. The van der Waals surface area contributed by atoms with Crippen molar-refractivity contribution in [3.8, 4) is 0 Å². The van der Waals surface area contributed by atoms with Gasteiger partial charge in [0, 0.05) is 28.4 Å². The van der Waals surface area contributed by atoms with Gasteiger partial charge >= 0.3 is 7.32 Å². The normalized spacial score (nSPS) is 6.50. The van der Waals surface area contributed by atoms with E-state index in [4.69, 9.17) is 10.0 Å². The number of halogens is 1. The van der Waals surface area contributed by atoms with Crippen molar-refractivity contribution in [2.45, 2.75) is 0 Å². The van der Waals surface area contributed by atoms with Crippen molar-refractivity contribution < 1.29 is 30.7 Å². The molecule has 0 aromatic heterocycles. The first kappa shape index (κ1) is 9.88. The minimum absolute atomic E-state index is 0. The fourth-order valence-electron chi connectivity index (χ4n) is 0. The summed E-state index contributed by atoms with van der Waals surface area (Å²) in [5.41, 5.74) is 0. The van der Waals surface area contributed by atoms with Crippen LogP contribution in [0.25, 0.3) is 0 Å². The van der Waals surface area contributed by atoms with Crippen LogP contribution in [0.5, 0.6) is 0 Å². The van der Waals surface area contributed by atoms with E-state index in [1.807, 2.05) is 0 Å². The van der Waals surface area contributed by atoms with Gasteiger partial charge in [0.15, 0.2) is 0 Å². The van der Waals surface area contributed by atoms with Gasteiger partial charge in [-0.15, -0.1) is 0 Å². The fraction of sp³-hybridized carbons (Fsp3) is 0. The monoisotopic (exact) mass is 154 g/mol. The van der Waals surface area contributed by atoms with Crippen LogP contribution in [0.15, 0.2) is 0 Å². The van der Waals surface area contributed by atoms with Crippen molar-refractivity contribution in [1.82, 2.24) is 0 Å². The largest absolute Gasteiger partial charge is 0.650 e. The summed E-state index contributed by atoms with van der Waals surface area (Å²) in [4.78, 5) is 0. The van der Waals surface area contributed by atoms with E-state index in [2.05, 4.69) is 16.1 Å². The summed E-state index contributed by atoms with van der Waals surface area (Å²) in [5, 5.41) is 15.1. The fourth-order valence-corrected chi connectivity index (χ4v) is 0. The Morgan fingerprint density at radius 1 is 1.50 bits per heavy atom. The zero-order chi connectivity index (χ0) is 4.28.